The fourth-order valence-corrected chi connectivity index (χ4v) is 17.3. The highest BCUT2D eigenvalue weighted by atomic mass is 16.3. The van der Waals surface area contributed by atoms with Crippen molar-refractivity contribution in [1.29, 1.82) is 0 Å². The summed E-state index contributed by atoms with van der Waals surface area (Å²) in [4.78, 5) is 14.5. The fraction of sp³-hybridized carbons (Fsp3) is 0.193. The van der Waals surface area contributed by atoms with E-state index < -0.39 is 122 Å². The number of benzene rings is 12. The number of fused-ring (bicyclic) bond motifs is 12. The fourth-order valence-electron chi connectivity index (χ4n) is 17.3. The van der Waals surface area contributed by atoms with Crippen LogP contribution in [0.5, 0.6) is 0 Å². The van der Waals surface area contributed by atoms with E-state index >= 15 is 0 Å². The maximum Gasteiger partial charge on any atom is 0.216 e. The largest absolute Gasteiger partial charge is 0.456 e. The molecule has 0 bridgehead atoms. The van der Waals surface area contributed by atoms with Crippen molar-refractivity contribution in [2.24, 2.45) is 34.1 Å². The lowest BCUT2D eigenvalue weighted by molar-refractivity contribution is -0.666. The molecule has 0 aliphatic heterocycles. The number of rotatable bonds is 12. The summed E-state index contributed by atoms with van der Waals surface area (Å²) in [5.74, 6) is -2.95. The second kappa shape index (κ2) is 35.9. The van der Waals surface area contributed by atoms with Gasteiger partial charge in [-0.1, -0.05) is 259 Å². The molecule has 642 valence electrons. The number of hydrogen-bond acceptors (Lipinski definition) is 4. The molecule has 0 saturated carbocycles. The molecule has 0 amide bonds. The molecule has 12 aromatic carbocycles. The molecule has 131 heavy (non-hydrogen) atoms. The number of aryl methyl sites for hydroxylation is 9. The van der Waals surface area contributed by atoms with Gasteiger partial charge < -0.3 is 17.7 Å². The normalized spacial score (nSPS) is 15.0. The van der Waals surface area contributed by atoms with Crippen LogP contribution in [0.2, 0.25) is 0 Å². The molecule has 12 heteroatoms. The highest BCUT2D eigenvalue weighted by Crippen LogP contribution is 2.51. The van der Waals surface area contributed by atoms with Crippen LogP contribution in [0.25, 0.3) is 197 Å². The first-order valence-corrected chi connectivity index (χ1v) is 42.3. The lowest BCUT2D eigenvalue weighted by Gasteiger charge is -2.11. The highest BCUT2D eigenvalue weighted by Gasteiger charge is 2.32. The Morgan fingerprint density at radius 2 is 0.550 bits per heavy atom. The molecule has 0 saturated heterocycles. The second-order valence-electron chi connectivity index (χ2n) is 33.3. The van der Waals surface area contributed by atoms with Crippen LogP contribution < -0.4 is 18.3 Å². The molecule has 0 fully saturated rings. The zero-order chi connectivity index (χ0) is 116. The first kappa shape index (κ1) is 60.2. The van der Waals surface area contributed by atoms with Crippen LogP contribution in [-0.4, -0.2) is 0 Å². The van der Waals surface area contributed by atoms with Gasteiger partial charge in [-0.25, -0.2) is 19.4 Å². The predicted octanol–water partition coefficient (Wildman–Crippen LogP) is 31.4. The summed E-state index contributed by atoms with van der Waals surface area (Å²) in [5.41, 5.74) is 20.6. The summed E-state index contributed by atoms with van der Waals surface area (Å²) in [6.07, 6.45) is -1.57. The van der Waals surface area contributed by atoms with Crippen molar-refractivity contribution in [3.8, 4) is 89.5 Å². The van der Waals surface area contributed by atoms with E-state index in [1.54, 1.807) is 60.7 Å². The van der Waals surface area contributed by atoms with Crippen LogP contribution in [-0.2, 0) is 34.6 Å². The lowest BCUT2D eigenvalue weighted by atomic mass is 9.95. The number of furan rings is 4. The van der Waals surface area contributed by atoms with Crippen LogP contribution in [0.3, 0.4) is 0 Å². The topological polar surface area (TPSA) is 85.5 Å². The van der Waals surface area contributed by atoms with Gasteiger partial charge in [-0.3, -0.25) is 0 Å². The van der Waals surface area contributed by atoms with Gasteiger partial charge in [0.1, 0.15) is 72.9 Å². The van der Waals surface area contributed by atoms with E-state index in [1.165, 1.54) is 6.92 Å². The minimum atomic E-state index is -2.58. The van der Waals surface area contributed by atoms with Gasteiger partial charge in [0.15, 0.2) is 45.5 Å². The third kappa shape index (κ3) is 16.0. The first-order valence-electron chi connectivity index (χ1n) is 55.8. The minimum absolute atomic E-state index is 0.0353. The summed E-state index contributed by atoms with van der Waals surface area (Å²) in [6, 6.07) is 35.2. The van der Waals surface area contributed by atoms with E-state index in [4.69, 9.17) is 81.0 Å². The van der Waals surface area contributed by atoms with E-state index in [0.717, 1.165) is 106 Å². The number of nitrogens with zero attached hydrogens (tertiary/aromatic N) is 8. The summed E-state index contributed by atoms with van der Waals surface area (Å²) in [5, 5.41) is 5.64. The average Bonchev–Trinajstić information content (AvgIpc) is 1.58. The third-order valence-electron chi connectivity index (χ3n) is 24.3. The van der Waals surface area contributed by atoms with Gasteiger partial charge in [0.25, 0.3) is 0 Å². The van der Waals surface area contributed by atoms with Crippen molar-refractivity contribution < 1.29 is 72.9 Å². The Labute approximate surface area is 805 Å². The van der Waals surface area contributed by atoms with E-state index in [-0.39, 0.29) is 109 Å². The maximum atomic E-state index is 8.74. The average molecular weight is 1740 g/mol. The molecule has 1 unspecified atom stereocenters. The summed E-state index contributed by atoms with van der Waals surface area (Å²) >= 11 is 0. The Bertz CT molecular complexity index is 9750. The zero-order valence-corrected chi connectivity index (χ0v) is 75.6. The molecular weight excluding hydrogens is 1610 g/mol. The Hall–Kier alpha value is -15.6. The number of pyridine rings is 4. The maximum absolute atomic E-state index is 8.74. The van der Waals surface area contributed by atoms with Gasteiger partial charge in [-0.2, -0.15) is 18.3 Å². The third-order valence-corrected chi connectivity index (χ3v) is 24.3. The Morgan fingerprint density at radius 1 is 0.305 bits per heavy atom. The van der Waals surface area contributed by atoms with Gasteiger partial charge >= 0.3 is 0 Å². The van der Waals surface area contributed by atoms with Crippen molar-refractivity contribution in [2.45, 2.75) is 122 Å². The van der Waals surface area contributed by atoms with Crippen LogP contribution in [0.1, 0.15) is 158 Å². The molecule has 8 aromatic heterocycles. The van der Waals surface area contributed by atoms with E-state index in [0.29, 0.717) is 82.8 Å². The van der Waals surface area contributed by atoms with Crippen LogP contribution in [0, 0.1) is 94.5 Å². The van der Waals surface area contributed by atoms with Crippen molar-refractivity contribution >= 4 is 111 Å². The molecule has 8 heterocycles. The molecular formula is C119H106N8O4+4. The summed E-state index contributed by atoms with van der Waals surface area (Å²) in [6.45, 7) is 55.0. The molecule has 12 nitrogen and oxygen atoms in total. The first-order chi connectivity index (χ1) is 74.1. The van der Waals surface area contributed by atoms with Crippen molar-refractivity contribution in [3.63, 3.8) is 0 Å². The highest BCUT2D eigenvalue weighted by molar-refractivity contribution is 6.19. The van der Waals surface area contributed by atoms with Crippen LogP contribution in [0.15, 0.2) is 284 Å². The van der Waals surface area contributed by atoms with Crippen molar-refractivity contribution in [3.05, 3.63) is 379 Å². The van der Waals surface area contributed by atoms with E-state index in [9.17, 15) is 0 Å². The van der Waals surface area contributed by atoms with Gasteiger partial charge in [0.2, 0.25) is 22.8 Å². The monoisotopic (exact) mass is 1740 g/mol. The molecule has 20 rings (SSSR count). The van der Waals surface area contributed by atoms with Gasteiger partial charge in [0, 0.05) is 151 Å². The predicted molar refractivity (Wildman–Crippen MR) is 537 cm³/mol. The molecule has 0 N–H and O–H groups in total. The van der Waals surface area contributed by atoms with Gasteiger partial charge in [-0.15, -0.1) is 0 Å². The van der Waals surface area contributed by atoms with Crippen molar-refractivity contribution in [1.82, 2.24) is 0 Å². The molecule has 0 aliphatic rings. The molecule has 0 spiro atoms. The zero-order valence-electron chi connectivity index (χ0n) is 103. The lowest BCUT2D eigenvalue weighted by Crippen LogP contribution is -2.35. The standard InChI is InChI=1S/C31H29N2O.2C30H27N2O.C28H23N2O/c1-19(2)16-22-17-21(4)33(6)27(18-22)28-20(3)12-13-24-25-14-15-26(32-5)29(31(25)34-30(24)28)23-10-8-7-9-11-23;2*1-18(2)22-16-20(4)32(6)26(17-22)27-19(3)12-13-23-24-14-15-25(31-5)28(30(24)33-29(23)27)21-10-8-7-9-11-21;1-17-15-19(3)30(5)24(16-17)25-18(2)11-12-21-22-13-14-23(29-4)26(28(22)31-27(21)25)20-9-7-6-8-10-20/h7-15,17-19H,16H2,1-4,6H3;2*7-18H,1-4,6H3;6-16H,1-3,5H3/q4*+1/i7D,8D,9D,10D,11D,16D2;1D3,7D,8D,9D,10D,11D,18D;7D,8D,9D,10D,11D,18D;6D,7D,8D,9D,10D. The Balaban J connectivity index is 0.000000142. The molecule has 0 aliphatic carbocycles. The van der Waals surface area contributed by atoms with Crippen LogP contribution >= 0.6 is 0 Å². The van der Waals surface area contributed by atoms with Gasteiger partial charge in [-0.05, 0) is 125 Å². The smallest absolute Gasteiger partial charge is 0.216 e. The second-order valence-corrected chi connectivity index (χ2v) is 33.3. The number of hydrogen-bond donors (Lipinski definition) is 0. The van der Waals surface area contributed by atoms with Crippen LogP contribution in [0.4, 0.5) is 22.7 Å². The Kier molecular flexibility index (Phi) is 16.5. The summed E-state index contributed by atoms with van der Waals surface area (Å²) in [7, 11) is 7.71. The number of aromatic nitrogens is 4. The quantitative estimate of drug-likeness (QED) is 0.0901. The minimum Gasteiger partial charge on any atom is -0.456 e. The molecule has 1 atom stereocenters. The van der Waals surface area contributed by atoms with Gasteiger partial charge in [0.05, 0.1) is 76.0 Å². The van der Waals surface area contributed by atoms with E-state index in [1.807, 2.05) is 205 Å². The summed E-state index contributed by atoms with van der Waals surface area (Å²) < 4.78 is 259. The van der Waals surface area contributed by atoms with Crippen molar-refractivity contribution in [2.75, 3.05) is 0 Å². The molecule has 20 aromatic rings. The Morgan fingerprint density at radius 3 is 0.817 bits per heavy atom. The SMILES string of the molecule is [2H]c1c([2H])c([2H])c(-c2c([N+]#[C-])ccc3c2oc2c(-c4cc(C([2H])(C)C([2H])([2H])[2H])cc(C)[n+]4C)c(C)ccc23)c([2H])c1[2H].[2H]c1c([2H])c([2H])c(-c2c([N+]#[C-])ccc3c2oc2c(-c4cc(C([2H])(C)C)cc(C)[n+]4C)c(C)ccc23)c([2H])c1[2H].[2H]c1c([2H])c([2H])c(-c2c([N+]#[C-])ccc3c2oc2c(-c4cc(C([2H])([2H])C(C)C)cc(C)[n+]4C)c(C)ccc23)c([2H])c1[2H].[2H]c1c([2H])c([2H])c(-c2c([N+]#[C-])ccc3c2oc2c(-c4cc(C)cc(C)[n+]4C)c(C)ccc23)c([2H])c1[2H]. The molecule has 0 radical (unpaired) electrons. The van der Waals surface area contributed by atoms with E-state index in [2.05, 4.69) is 36.1 Å².